The molecule has 0 spiro atoms. The molecular weight excluding hydrogens is 478 g/mol. The third-order valence-corrected chi connectivity index (χ3v) is 6.25. The first-order valence-corrected chi connectivity index (χ1v) is 12.8. The lowest BCUT2D eigenvalue weighted by atomic mass is 10.1. The Morgan fingerprint density at radius 2 is 1.71 bits per heavy atom. The number of carbonyl (C=O) groups is 3. The summed E-state index contributed by atoms with van der Waals surface area (Å²) in [5.41, 5.74) is 2.10. The molecule has 34 heavy (non-hydrogen) atoms. The Labute approximate surface area is 201 Å². The highest BCUT2D eigenvalue weighted by Crippen LogP contribution is 2.35. The van der Waals surface area contributed by atoms with Crippen molar-refractivity contribution in [2.45, 2.75) is 6.42 Å². The van der Waals surface area contributed by atoms with Crippen LogP contribution in [0.3, 0.4) is 0 Å². The maximum absolute atomic E-state index is 12.4. The quantitative estimate of drug-likeness (QED) is 0.387. The maximum atomic E-state index is 12.4. The van der Waals surface area contributed by atoms with Crippen LogP contribution < -0.4 is 15.4 Å². The monoisotopic (exact) mass is 501 g/mol. The summed E-state index contributed by atoms with van der Waals surface area (Å²) < 4.78 is 29.9. The number of sulfonamides is 1. The van der Waals surface area contributed by atoms with Crippen LogP contribution in [0.15, 0.2) is 60.7 Å². The van der Waals surface area contributed by atoms with Crippen molar-refractivity contribution in [1.29, 1.82) is 0 Å². The highest BCUT2D eigenvalue weighted by molar-refractivity contribution is 7.92. The molecule has 3 N–H and O–H groups in total. The number of methoxy groups -OCH3 is 1. The minimum absolute atomic E-state index is 0.0451. The average molecular weight is 502 g/mol. The molecule has 0 saturated carbocycles. The molecule has 9 nitrogen and oxygen atoms in total. The summed E-state index contributed by atoms with van der Waals surface area (Å²) in [6.45, 7) is -0.308. The number of hydrogen-bond donors (Lipinski definition) is 3. The van der Waals surface area contributed by atoms with Crippen LogP contribution in [0.25, 0.3) is 10.4 Å². The fourth-order valence-electron chi connectivity index (χ4n) is 3.05. The zero-order chi connectivity index (χ0) is 24.7. The van der Waals surface area contributed by atoms with E-state index in [9.17, 15) is 22.8 Å². The Balaban J connectivity index is 1.61. The molecule has 0 atom stereocenters. The fraction of sp³-hybridized carbons (Fsp3) is 0.174. The van der Waals surface area contributed by atoms with Crippen molar-refractivity contribution < 1.29 is 27.5 Å². The van der Waals surface area contributed by atoms with Gasteiger partial charge in [0.15, 0.2) is 0 Å². The summed E-state index contributed by atoms with van der Waals surface area (Å²) in [4.78, 5) is 37.9. The van der Waals surface area contributed by atoms with E-state index in [2.05, 4.69) is 15.4 Å². The predicted octanol–water partition coefficient (Wildman–Crippen LogP) is 2.87. The molecule has 0 aliphatic rings. The van der Waals surface area contributed by atoms with Crippen molar-refractivity contribution in [3.63, 3.8) is 0 Å². The highest BCUT2D eigenvalue weighted by atomic mass is 32.2. The molecule has 0 bridgehead atoms. The van der Waals surface area contributed by atoms with Crippen LogP contribution in [0.5, 0.6) is 0 Å². The number of ether oxygens (including phenoxy) is 1. The largest absolute Gasteiger partial charge is 0.465 e. The van der Waals surface area contributed by atoms with E-state index in [1.165, 1.54) is 18.4 Å². The van der Waals surface area contributed by atoms with Gasteiger partial charge in [-0.15, -0.1) is 11.3 Å². The van der Waals surface area contributed by atoms with E-state index >= 15 is 0 Å². The van der Waals surface area contributed by atoms with E-state index in [-0.39, 0.29) is 17.8 Å². The van der Waals surface area contributed by atoms with E-state index in [1.807, 2.05) is 30.3 Å². The first-order chi connectivity index (χ1) is 16.1. The molecule has 0 unspecified atom stereocenters. The lowest BCUT2D eigenvalue weighted by Crippen LogP contribution is -2.34. The molecule has 0 radical (unpaired) electrons. The number of hydrogen-bond acceptors (Lipinski definition) is 7. The summed E-state index contributed by atoms with van der Waals surface area (Å²) in [5.74, 6) is -1.51. The minimum atomic E-state index is -3.44. The zero-order valence-electron chi connectivity index (χ0n) is 18.5. The van der Waals surface area contributed by atoms with Gasteiger partial charge < -0.3 is 15.4 Å². The van der Waals surface area contributed by atoms with Gasteiger partial charge in [0.2, 0.25) is 21.8 Å². The normalized spacial score (nSPS) is 10.9. The van der Waals surface area contributed by atoms with Gasteiger partial charge in [0.1, 0.15) is 4.88 Å². The van der Waals surface area contributed by atoms with Crippen molar-refractivity contribution in [3.8, 4) is 10.4 Å². The van der Waals surface area contributed by atoms with Crippen LogP contribution in [0.1, 0.15) is 15.2 Å². The van der Waals surface area contributed by atoms with Gasteiger partial charge in [-0.3, -0.25) is 14.3 Å². The van der Waals surface area contributed by atoms with E-state index in [0.29, 0.717) is 16.9 Å². The average Bonchev–Trinajstić information content (AvgIpc) is 3.20. The Hall–Kier alpha value is -3.70. The Bertz CT molecular complexity index is 1300. The van der Waals surface area contributed by atoms with E-state index in [0.717, 1.165) is 16.7 Å². The van der Waals surface area contributed by atoms with Gasteiger partial charge >= 0.3 is 5.97 Å². The molecule has 0 saturated heterocycles. The van der Waals surface area contributed by atoms with E-state index in [4.69, 9.17) is 4.74 Å². The molecule has 3 rings (SSSR count). The van der Waals surface area contributed by atoms with Crippen LogP contribution in [-0.4, -0.2) is 46.1 Å². The summed E-state index contributed by atoms with van der Waals surface area (Å²) in [7, 11) is -2.18. The van der Waals surface area contributed by atoms with Crippen molar-refractivity contribution in [2.75, 3.05) is 29.9 Å². The van der Waals surface area contributed by atoms with E-state index in [1.54, 1.807) is 30.3 Å². The lowest BCUT2D eigenvalue weighted by Gasteiger charge is -2.09. The van der Waals surface area contributed by atoms with Crippen LogP contribution in [0, 0.1) is 0 Å². The highest BCUT2D eigenvalue weighted by Gasteiger charge is 2.19. The Kier molecular flexibility index (Phi) is 8.03. The molecular formula is C23H23N3O6S2. The van der Waals surface area contributed by atoms with Crippen LogP contribution in [0.4, 0.5) is 11.4 Å². The van der Waals surface area contributed by atoms with Crippen molar-refractivity contribution in [2.24, 2.45) is 0 Å². The minimum Gasteiger partial charge on any atom is -0.465 e. The Morgan fingerprint density at radius 3 is 2.38 bits per heavy atom. The molecule has 2 aromatic carbocycles. The standard InChI is InChI=1S/C23H23N3O6S2/c1-32-23(29)22-18(13-19(33-22)16-8-4-3-5-9-16)25-21(28)14-24-20(27)12-15-7-6-10-17(11-15)26-34(2,30)31/h3-11,13,26H,12,14H2,1-2H3,(H,24,27)(H,25,28). The molecule has 3 aromatic rings. The lowest BCUT2D eigenvalue weighted by molar-refractivity contribution is -0.123. The van der Waals surface area contributed by atoms with Gasteiger partial charge in [-0.1, -0.05) is 42.5 Å². The number of thiophene rings is 1. The molecule has 0 fully saturated rings. The number of anilines is 2. The van der Waals surface area contributed by atoms with Crippen molar-refractivity contribution in [3.05, 3.63) is 71.1 Å². The van der Waals surface area contributed by atoms with Crippen LogP contribution >= 0.6 is 11.3 Å². The van der Waals surface area contributed by atoms with Gasteiger partial charge in [0.25, 0.3) is 0 Å². The number of nitrogens with one attached hydrogen (secondary N) is 3. The first kappa shape index (κ1) is 24.9. The topological polar surface area (TPSA) is 131 Å². The second-order valence-corrected chi connectivity index (χ2v) is 10.1. The molecule has 0 aliphatic carbocycles. The molecule has 1 heterocycles. The number of benzene rings is 2. The SMILES string of the molecule is COC(=O)c1sc(-c2ccccc2)cc1NC(=O)CNC(=O)Cc1cccc(NS(C)(=O)=O)c1. The second kappa shape index (κ2) is 10.9. The van der Waals surface area contributed by atoms with Gasteiger partial charge in [0, 0.05) is 10.6 Å². The van der Waals surface area contributed by atoms with Crippen LogP contribution in [-0.2, 0) is 30.8 Å². The molecule has 0 aliphatic heterocycles. The van der Waals surface area contributed by atoms with Crippen molar-refractivity contribution in [1.82, 2.24) is 5.32 Å². The number of rotatable bonds is 9. The summed E-state index contributed by atoms with van der Waals surface area (Å²) >= 11 is 1.19. The molecule has 1 aromatic heterocycles. The molecule has 2 amide bonds. The predicted molar refractivity (Wildman–Crippen MR) is 131 cm³/mol. The fourth-order valence-corrected chi connectivity index (χ4v) is 4.65. The smallest absolute Gasteiger partial charge is 0.350 e. The van der Waals surface area contributed by atoms with Gasteiger partial charge in [-0.2, -0.15) is 0 Å². The first-order valence-electron chi connectivity index (χ1n) is 10.1. The van der Waals surface area contributed by atoms with Crippen molar-refractivity contribution >= 4 is 50.5 Å². The third kappa shape index (κ3) is 7.15. The molecule has 11 heteroatoms. The maximum Gasteiger partial charge on any atom is 0.350 e. The number of esters is 1. The molecule has 178 valence electrons. The second-order valence-electron chi connectivity index (χ2n) is 7.29. The number of amides is 2. The Morgan fingerprint density at radius 1 is 0.971 bits per heavy atom. The van der Waals surface area contributed by atoms with Gasteiger partial charge in [-0.05, 0) is 29.3 Å². The summed E-state index contributed by atoms with van der Waals surface area (Å²) in [6, 6.07) is 17.5. The van der Waals surface area contributed by atoms with Gasteiger partial charge in [0.05, 0.1) is 32.0 Å². The third-order valence-electron chi connectivity index (χ3n) is 4.48. The van der Waals surface area contributed by atoms with Crippen LogP contribution in [0.2, 0.25) is 0 Å². The summed E-state index contributed by atoms with van der Waals surface area (Å²) in [6.07, 6.45) is 0.990. The summed E-state index contributed by atoms with van der Waals surface area (Å²) in [5, 5.41) is 5.17. The number of carbonyl (C=O) groups excluding carboxylic acids is 3. The van der Waals surface area contributed by atoms with E-state index < -0.39 is 27.8 Å². The zero-order valence-corrected chi connectivity index (χ0v) is 20.1. The van der Waals surface area contributed by atoms with Gasteiger partial charge in [-0.25, -0.2) is 13.2 Å².